The molecule has 1 N–H and O–H groups in total. The van der Waals surface area contributed by atoms with Gasteiger partial charge >= 0.3 is 0 Å². The van der Waals surface area contributed by atoms with Crippen LogP contribution in [-0.4, -0.2) is 10.2 Å². The Morgan fingerprint density at radius 2 is 1.87 bits per heavy atom. The minimum absolute atomic E-state index is 0.177. The molecule has 0 aliphatic rings. The summed E-state index contributed by atoms with van der Waals surface area (Å²) in [6.45, 7) is 2.12. The normalized spacial score (nSPS) is 10.2. The smallest absolute Gasteiger partial charge is 0.264 e. The second-order valence-corrected chi connectivity index (χ2v) is 3.36. The lowest BCUT2D eigenvalue weighted by molar-refractivity contribution is 0.995. The van der Waals surface area contributed by atoms with Crippen LogP contribution in [0, 0.1) is 0 Å². The molecule has 0 aliphatic heterocycles. The van der Waals surface area contributed by atoms with Crippen LogP contribution in [0.4, 0.5) is 0 Å². The highest BCUT2D eigenvalue weighted by Crippen LogP contribution is 2.15. The van der Waals surface area contributed by atoms with Gasteiger partial charge in [0, 0.05) is 11.6 Å². The van der Waals surface area contributed by atoms with E-state index in [0.717, 1.165) is 17.7 Å². The summed E-state index contributed by atoms with van der Waals surface area (Å²) in [5, 5.41) is 6.39. The summed E-state index contributed by atoms with van der Waals surface area (Å²) in [5.74, 6) is 0. The first-order valence-corrected chi connectivity index (χ1v) is 4.94. The predicted molar refractivity (Wildman–Crippen MR) is 59.7 cm³/mol. The fourth-order valence-electron chi connectivity index (χ4n) is 1.42. The van der Waals surface area contributed by atoms with Crippen LogP contribution in [0.3, 0.4) is 0 Å². The van der Waals surface area contributed by atoms with Crippen LogP contribution in [0.25, 0.3) is 11.3 Å². The van der Waals surface area contributed by atoms with Crippen LogP contribution in [0.5, 0.6) is 0 Å². The van der Waals surface area contributed by atoms with Crippen molar-refractivity contribution in [2.24, 2.45) is 0 Å². The van der Waals surface area contributed by atoms with Crippen molar-refractivity contribution in [2.75, 3.05) is 0 Å². The first kappa shape index (κ1) is 9.65. The van der Waals surface area contributed by atoms with E-state index in [1.54, 1.807) is 6.07 Å². The molecule has 3 nitrogen and oxygen atoms in total. The third-order valence-electron chi connectivity index (χ3n) is 2.34. The van der Waals surface area contributed by atoms with Gasteiger partial charge in [0.05, 0.1) is 5.69 Å². The topological polar surface area (TPSA) is 45.8 Å². The second-order valence-electron chi connectivity index (χ2n) is 3.36. The molecule has 0 amide bonds. The number of H-pyrrole nitrogens is 1. The van der Waals surface area contributed by atoms with Gasteiger partial charge in [-0.25, -0.2) is 5.10 Å². The largest absolute Gasteiger partial charge is 0.268 e. The number of rotatable bonds is 2. The number of nitrogens with one attached hydrogen (secondary N) is 1. The third-order valence-corrected chi connectivity index (χ3v) is 2.34. The molecule has 76 valence electrons. The zero-order valence-corrected chi connectivity index (χ0v) is 8.53. The van der Waals surface area contributed by atoms with Crippen LogP contribution in [0.2, 0.25) is 0 Å². The van der Waals surface area contributed by atoms with E-state index >= 15 is 0 Å². The number of aromatic nitrogens is 2. The highest BCUT2D eigenvalue weighted by Gasteiger charge is 1.98. The van der Waals surface area contributed by atoms with Crippen molar-refractivity contribution in [3.8, 4) is 11.3 Å². The first-order valence-electron chi connectivity index (χ1n) is 4.94. The molecular weight excluding hydrogens is 188 g/mol. The summed E-state index contributed by atoms with van der Waals surface area (Å²) in [6.07, 6.45) is 1.03. The van der Waals surface area contributed by atoms with E-state index < -0.39 is 0 Å². The molecule has 0 atom stereocenters. The van der Waals surface area contributed by atoms with Gasteiger partial charge in [-0.1, -0.05) is 31.2 Å². The van der Waals surface area contributed by atoms with Gasteiger partial charge in [-0.2, -0.15) is 5.10 Å². The number of benzene rings is 1. The summed E-state index contributed by atoms with van der Waals surface area (Å²) in [6, 6.07) is 11.4. The van der Waals surface area contributed by atoms with Crippen LogP contribution in [-0.2, 0) is 6.42 Å². The number of aromatic amines is 1. The molecule has 0 saturated heterocycles. The molecule has 0 bridgehead atoms. The maximum Gasteiger partial charge on any atom is 0.264 e. The number of hydrogen-bond acceptors (Lipinski definition) is 2. The minimum atomic E-state index is -0.177. The molecule has 15 heavy (non-hydrogen) atoms. The monoisotopic (exact) mass is 200 g/mol. The van der Waals surface area contributed by atoms with Crippen molar-refractivity contribution in [1.82, 2.24) is 10.2 Å². The predicted octanol–water partition coefficient (Wildman–Crippen LogP) is 2.00. The average molecular weight is 200 g/mol. The maximum atomic E-state index is 10.8. The third kappa shape index (κ3) is 2.13. The minimum Gasteiger partial charge on any atom is -0.268 e. The zero-order valence-electron chi connectivity index (χ0n) is 8.53. The first-order chi connectivity index (χ1) is 7.29. The maximum absolute atomic E-state index is 10.8. The highest BCUT2D eigenvalue weighted by atomic mass is 16.1. The Morgan fingerprint density at radius 3 is 2.40 bits per heavy atom. The van der Waals surface area contributed by atoms with Crippen LogP contribution < -0.4 is 5.56 Å². The molecule has 1 heterocycles. The zero-order chi connectivity index (χ0) is 10.7. The van der Waals surface area contributed by atoms with Crippen molar-refractivity contribution in [3.63, 3.8) is 0 Å². The van der Waals surface area contributed by atoms with Crippen molar-refractivity contribution < 1.29 is 0 Å². The molecule has 1 aromatic carbocycles. The fraction of sp³-hybridized carbons (Fsp3) is 0.167. The van der Waals surface area contributed by atoms with Gasteiger partial charge in [-0.15, -0.1) is 0 Å². The Bertz CT molecular complexity index is 479. The fourth-order valence-corrected chi connectivity index (χ4v) is 1.42. The van der Waals surface area contributed by atoms with Gasteiger partial charge in [0.15, 0.2) is 0 Å². The molecular formula is C12H12N2O. The summed E-state index contributed by atoms with van der Waals surface area (Å²) in [4.78, 5) is 10.8. The van der Waals surface area contributed by atoms with Crippen LogP contribution >= 0.6 is 0 Å². The van der Waals surface area contributed by atoms with Gasteiger partial charge < -0.3 is 0 Å². The SMILES string of the molecule is CCc1ccc(-c2ccc(=O)[nH]n2)cc1. The lowest BCUT2D eigenvalue weighted by atomic mass is 10.1. The molecule has 2 rings (SSSR count). The van der Waals surface area contributed by atoms with Crippen LogP contribution in [0.1, 0.15) is 12.5 Å². The van der Waals surface area contributed by atoms with Crippen LogP contribution in [0.15, 0.2) is 41.2 Å². The van der Waals surface area contributed by atoms with Crippen molar-refractivity contribution in [2.45, 2.75) is 13.3 Å². The molecule has 0 fully saturated rings. The lowest BCUT2D eigenvalue weighted by Gasteiger charge is -2.00. The second kappa shape index (κ2) is 4.09. The molecule has 1 aromatic heterocycles. The van der Waals surface area contributed by atoms with E-state index in [1.165, 1.54) is 11.6 Å². The quantitative estimate of drug-likeness (QED) is 0.805. The summed E-state index contributed by atoms with van der Waals surface area (Å²) < 4.78 is 0. The molecule has 0 radical (unpaired) electrons. The van der Waals surface area contributed by atoms with E-state index in [0.29, 0.717) is 0 Å². The van der Waals surface area contributed by atoms with Crippen molar-refractivity contribution in [1.29, 1.82) is 0 Å². The Balaban J connectivity index is 2.37. The average Bonchev–Trinajstić information content (AvgIpc) is 2.30. The Labute approximate surface area is 87.8 Å². The van der Waals surface area contributed by atoms with E-state index in [2.05, 4.69) is 29.3 Å². The number of aryl methyl sites for hydroxylation is 1. The van der Waals surface area contributed by atoms with Gasteiger partial charge in [0.1, 0.15) is 0 Å². The summed E-state index contributed by atoms with van der Waals surface area (Å²) in [7, 11) is 0. The highest BCUT2D eigenvalue weighted by molar-refractivity contribution is 5.58. The van der Waals surface area contributed by atoms with E-state index in [-0.39, 0.29) is 5.56 Å². The van der Waals surface area contributed by atoms with Gasteiger partial charge in [-0.3, -0.25) is 4.79 Å². The van der Waals surface area contributed by atoms with E-state index in [1.807, 2.05) is 12.1 Å². The molecule has 0 unspecified atom stereocenters. The summed E-state index contributed by atoms with van der Waals surface area (Å²) >= 11 is 0. The molecule has 0 aliphatic carbocycles. The Hall–Kier alpha value is -1.90. The summed E-state index contributed by atoms with van der Waals surface area (Å²) in [5.41, 5.74) is 2.92. The molecule has 2 aromatic rings. The molecule has 0 saturated carbocycles. The van der Waals surface area contributed by atoms with Gasteiger partial charge in [0.25, 0.3) is 5.56 Å². The molecule has 3 heteroatoms. The number of nitrogens with zero attached hydrogens (tertiary/aromatic N) is 1. The standard InChI is InChI=1S/C12H12N2O/c1-2-9-3-5-10(6-4-9)11-7-8-12(15)14-13-11/h3-8H,2H2,1H3,(H,14,15). The lowest BCUT2D eigenvalue weighted by Crippen LogP contribution is -2.05. The van der Waals surface area contributed by atoms with Crippen molar-refractivity contribution >= 4 is 0 Å². The van der Waals surface area contributed by atoms with E-state index in [9.17, 15) is 4.79 Å². The molecule has 0 spiro atoms. The van der Waals surface area contributed by atoms with Crippen molar-refractivity contribution in [3.05, 3.63) is 52.3 Å². The van der Waals surface area contributed by atoms with Gasteiger partial charge in [-0.05, 0) is 18.1 Å². The van der Waals surface area contributed by atoms with E-state index in [4.69, 9.17) is 0 Å². The van der Waals surface area contributed by atoms with Gasteiger partial charge in [0.2, 0.25) is 0 Å². The number of hydrogen-bond donors (Lipinski definition) is 1. The Morgan fingerprint density at radius 1 is 1.13 bits per heavy atom. The Kier molecular flexibility index (Phi) is 2.63.